The van der Waals surface area contributed by atoms with Crippen LogP contribution in [0.1, 0.15) is 43.7 Å². The van der Waals surface area contributed by atoms with Gasteiger partial charge in [0.05, 0.1) is 6.04 Å². The van der Waals surface area contributed by atoms with Crippen molar-refractivity contribution in [2.45, 2.75) is 38.1 Å². The summed E-state index contributed by atoms with van der Waals surface area (Å²) in [5.41, 5.74) is 6.74. The molecule has 1 heterocycles. The maximum atomic E-state index is 12.2. The van der Waals surface area contributed by atoms with Gasteiger partial charge in [-0.25, -0.2) is 0 Å². The Hall–Kier alpha value is -1.35. The Bertz CT molecular complexity index is 377. The average molecular weight is 246 g/mol. The summed E-state index contributed by atoms with van der Waals surface area (Å²) in [5, 5.41) is 0. The highest BCUT2D eigenvalue weighted by Crippen LogP contribution is 2.31. The lowest BCUT2D eigenvalue weighted by molar-refractivity contribution is -0.135. The van der Waals surface area contributed by atoms with Crippen molar-refractivity contribution in [2.75, 3.05) is 13.1 Å². The zero-order chi connectivity index (χ0) is 12.8. The zero-order valence-corrected chi connectivity index (χ0v) is 10.8. The SMILES string of the molecule is NCCCC(=O)N1CCCCC1c1ccccc1. The molecule has 98 valence electrons. The van der Waals surface area contributed by atoms with Crippen molar-refractivity contribution in [1.82, 2.24) is 4.90 Å². The van der Waals surface area contributed by atoms with Gasteiger partial charge >= 0.3 is 0 Å². The summed E-state index contributed by atoms with van der Waals surface area (Å²) in [5.74, 6) is 0.258. The van der Waals surface area contributed by atoms with Gasteiger partial charge in [-0.05, 0) is 37.8 Å². The first kappa shape index (κ1) is 13.1. The third-order valence-corrected chi connectivity index (χ3v) is 3.60. The fraction of sp³-hybridized carbons (Fsp3) is 0.533. The molecule has 3 nitrogen and oxygen atoms in total. The second kappa shape index (κ2) is 6.55. The summed E-state index contributed by atoms with van der Waals surface area (Å²) in [4.78, 5) is 14.3. The molecule has 1 aromatic rings. The van der Waals surface area contributed by atoms with Gasteiger partial charge in [0.25, 0.3) is 0 Å². The molecule has 2 rings (SSSR count). The van der Waals surface area contributed by atoms with Crippen molar-refractivity contribution in [3.8, 4) is 0 Å². The molecule has 0 aromatic heterocycles. The first-order valence-electron chi connectivity index (χ1n) is 6.87. The highest BCUT2D eigenvalue weighted by molar-refractivity contribution is 5.76. The molecule has 1 fully saturated rings. The number of carbonyl (C=O) groups is 1. The van der Waals surface area contributed by atoms with Gasteiger partial charge in [-0.15, -0.1) is 0 Å². The fourth-order valence-corrected chi connectivity index (χ4v) is 2.65. The first-order chi connectivity index (χ1) is 8.83. The number of nitrogens with zero attached hydrogens (tertiary/aromatic N) is 1. The largest absolute Gasteiger partial charge is 0.336 e. The lowest BCUT2D eigenvalue weighted by atomic mass is 9.95. The molecular formula is C15H22N2O. The minimum atomic E-state index is 0.258. The van der Waals surface area contributed by atoms with Crippen LogP contribution in [0.4, 0.5) is 0 Å². The van der Waals surface area contributed by atoms with Crippen LogP contribution < -0.4 is 5.73 Å². The van der Waals surface area contributed by atoms with E-state index in [1.165, 1.54) is 12.0 Å². The van der Waals surface area contributed by atoms with Gasteiger partial charge in [-0.3, -0.25) is 4.79 Å². The normalized spacial score (nSPS) is 19.8. The Balaban J connectivity index is 2.09. The molecule has 1 aromatic carbocycles. The minimum Gasteiger partial charge on any atom is -0.336 e. The second-order valence-corrected chi connectivity index (χ2v) is 4.90. The number of amides is 1. The lowest BCUT2D eigenvalue weighted by Crippen LogP contribution is -2.38. The van der Waals surface area contributed by atoms with E-state index in [-0.39, 0.29) is 11.9 Å². The van der Waals surface area contributed by atoms with Crippen LogP contribution in [-0.4, -0.2) is 23.9 Å². The maximum Gasteiger partial charge on any atom is 0.223 e. The third-order valence-electron chi connectivity index (χ3n) is 3.60. The summed E-state index contributed by atoms with van der Waals surface area (Å²) >= 11 is 0. The van der Waals surface area contributed by atoms with Crippen LogP contribution in [0.15, 0.2) is 30.3 Å². The van der Waals surface area contributed by atoms with Gasteiger partial charge in [-0.2, -0.15) is 0 Å². The Morgan fingerprint density at radius 1 is 1.28 bits per heavy atom. The Labute approximate surface area is 109 Å². The minimum absolute atomic E-state index is 0.258. The molecule has 1 saturated heterocycles. The number of nitrogens with two attached hydrogens (primary N) is 1. The molecule has 1 atom stereocenters. The van der Waals surface area contributed by atoms with Gasteiger partial charge in [0.1, 0.15) is 0 Å². The van der Waals surface area contributed by atoms with Gasteiger partial charge in [0.15, 0.2) is 0 Å². The van der Waals surface area contributed by atoms with Gasteiger partial charge in [-0.1, -0.05) is 30.3 Å². The Morgan fingerprint density at radius 2 is 2.06 bits per heavy atom. The molecule has 0 radical (unpaired) electrons. The topological polar surface area (TPSA) is 46.3 Å². The number of hydrogen-bond acceptors (Lipinski definition) is 2. The lowest BCUT2D eigenvalue weighted by Gasteiger charge is -2.36. The van der Waals surface area contributed by atoms with E-state index < -0.39 is 0 Å². The predicted molar refractivity (Wildman–Crippen MR) is 73.0 cm³/mol. The summed E-state index contributed by atoms with van der Waals surface area (Å²) < 4.78 is 0. The van der Waals surface area contributed by atoms with E-state index in [0.29, 0.717) is 13.0 Å². The van der Waals surface area contributed by atoms with Crippen LogP contribution in [-0.2, 0) is 4.79 Å². The molecule has 1 aliphatic heterocycles. The van der Waals surface area contributed by atoms with Crippen LogP contribution in [0.5, 0.6) is 0 Å². The van der Waals surface area contributed by atoms with Crippen LogP contribution in [0, 0.1) is 0 Å². The zero-order valence-electron chi connectivity index (χ0n) is 10.8. The van der Waals surface area contributed by atoms with Crippen molar-refractivity contribution >= 4 is 5.91 Å². The van der Waals surface area contributed by atoms with Crippen molar-refractivity contribution < 1.29 is 4.79 Å². The number of carbonyl (C=O) groups excluding carboxylic acids is 1. The molecule has 1 amide bonds. The number of hydrogen-bond donors (Lipinski definition) is 1. The average Bonchev–Trinajstić information content (AvgIpc) is 2.45. The second-order valence-electron chi connectivity index (χ2n) is 4.90. The van der Waals surface area contributed by atoms with Gasteiger partial charge in [0.2, 0.25) is 5.91 Å². The molecule has 1 unspecified atom stereocenters. The van der Waals surface area contributed by atoms with Crippen LogP contribution in [0.25, 0.3) is 0 Å². The van der Waals surface area contributed by atoms with Crippen molar-refractivity contribution in [2.24, 2.45) is 5.73 Å². The Morgan fingerprint density at radius 3 is 2.78 bits per heavy atom. The quantitative estimate of drug-likeness (QED) is 0.887. The molecule has 3 heteroatoms. The number of benzene rings is 1. The monoisotopic (exact) mass is 246 g/mol. The van der Waals surface area contributed by atoms with E-state index >= 15 is 0 Å². The van der Waals surface area contributed by atoms with E-state index in [2.05, 4.69) is 17.0 Å². The third kappa shape index (κ3) is 3.10. The fourth-order valence-electron chi connectivity index (χ4n) is 2.65. The number of likely N-dealkylation sites (tertiary alicyclic amines) is 1. The van der Waals surface area contributed by atoms with Crippen LogP contribution in [0.3, 0.4) is 0 Å². The molecule has 0 spiro atoms. The molecule has 0 saturated carbocycles. The van der Waals surface area contributed by atoms with Crippen molar-refractivity contribution in [3.05, 3.63) is 35.9 Å². The van der Waals surface area contributed by atoms with Crippen LogP contribution in [0.2, 0.25) is 0 Å². The molecule has 2 N–H and O–H groups in total. The molecule has 1 aliphatic rings. The highest BCUT2D eigenvalue weighted by atomic mass is 16.2. The smallest absolute Gasteiger partial charge is 0.223 e. The standard InChI is InChI=1S/C15H22N2O/c16-11-6-10-15(18)17-12-5-4-9-14(17)13-7-2-1-3-8-13/h1-3,7-8,14H,4-6,9-12,16H2. The van der Waals surface area contributed by atoms with E-state index in [4.69, 9.17) is 5.73 Å². The summed E-state index contributed by atoms with van der Waals surface area (Å²) in [6.07, 6.45) is 4.78. The Kier molecular flexibility index (Phi) is 4.76. The van der Waals surface area contributed by atoms with Gasteiger partial charge < -0.3 is 10.6 Å². The van der Waals surface area contributed by atoms with Gasteiger partial charge in [0, 0.05) is 13.0 Å². The van der Waals surface area contributed by atoms with Crippen molar-refractivity contribution in [3.63, 3.8) is 0 Å². The van der Waals surface area contributed by atoms with Crippen LogP contribution >= 0.6 is 0 Å². The molecule has 0 aliphatic carbocycles. The molecular weight excluding hydrogens is 224 g/mol. The summed E-state index contributed by atoms with van der Waals surface area (Å²) in [7, 11) is 0. The highest BCUT2D eigenvalue weighted by Gasteiger charge is 2.27. The number of rotatable bonds is 4. The molecule has 0 bridgehead atoms. The summed E-state index contributed by atoms with van der Waals surface area (Å²) in [6, 6.07) is 10.6. The molecule has 18 heavy (non-hydrogen) atoms. The van der Waals surface area contributed by atoms with E-state index in [9.17, 15) is 4.79 Å². The van der Waals surface area contributed by atoms with Crippen molar-refractivity contribution in [1.29, 1.82) is 0 Å². The van der Waals surface area contributed by atoms with E-state index in [0.717, 1.165) is 25.8 Å². The first-order valence-corrected chi connectivity index (χ1v) is 6.87. The number of piperidine rings is 1. The van der Waals surface area contributed by atoms with E-state index in [1.807, 2.05) is 18.2 Å². The predicted octanol–water partition coefficient (Wildman–Crippen LogP) is 2.48. The summed E-state index contributed by atoms with van der Waals surface area (Å²) in [6.45, 7) is 1.48. The van der Waals surface area contributed by atoms with E-state index in [1.54, 1.807) is 0 Å². The maximum absolute atomic E-state index is 12.2.